The largest absolute Gasteiger partial charge is 0.455 e. The standard InChI is InChI=1S/C12H16N2O3/c1-8(9-4-3-5-10(13)6-9)12(16)17-7-11(15)14-2/h3-6,8H,7,13H2,1-2H3,(H,14,15). The van der Waals surface area contributed by atoms with Crippen molar-refractivity contribution in [2.45, 2.75) is 12.8 Å². The van der Waals surface area contributed by atoms with E-state index in [0.29, 0.717) is 5.69 Å². The number of carbonyl (C=O) groups excluding carboxylic acids is 2. The molecule has 5 heteroatoms. The minimum Gasteiger partial charge on any atom is -0.455 e. The molecule has 0 aromatic heterocycles. The fourth-order valence-corrected chi connectivity index (χ4v) is 1.30. The predicted molar refractivity (Wildman–Crippen MR) is 64.3 cm³/mol. The van der Waals surface area contributed by atoms with Gasteiger partial charge in [-0.1, -0.05) is 12.1 Å². The molecule has 0 saturated heterocycles. The van der Waals surface area contributed by atoms with Gasteiger partial charge in [0.2, 0.25) is 0 Å². The van der Waals surface area contributed by atoms with Gasteiger partial charge < -0.3 is 15.8 Å². The number of likely N-dealkylation sites (N-methyl/N-ethyl adjacent to an activating group) is 1. The van der Waals surface area contributed by atoms with Crippen molar-refractivity contribution >= 4 is 17.6 Å². The zero-order valence-electron chi connectivity index (χ0n) is 9.90. The molecule has 3 N–H and O–H groups in total. The molecule has 0 aliphatic rings. The maximum absolute atomic E-state index is 11.6. The van der Waals surface area contributed by atoms with E-state index in [4.69, 9.17) is 10.5 Å². The summed E-state index contributed by atoms with van der Waals surface area (Å²) >= 11 is 0. The molecule has 1 aromatic carbocycles. The molecule has 1 unspecified atom stereocenters. The minimum atomic E-state index is -0.445. The molecule has 0 radical (unpaired) electrons. The maximum atomic E-state index is 11.6. The predicted octanol–water partition coefficient (Wildman–Crippen LogP) is 0.661. The normalized spacial score (nSPS) is 11.6. The van der Waals surface area contributed by atoms with Gasteiger partial charge in [0.05, 0.1) is 5.92 Å². The molecular weight excluding hydrogens is 220 g/mol. The van der Waals surface area contributed by atoms with Gasteiger partial charge in [0, 0.05) is 12.7 Å². The Balaban J connectivity index is 2.60. The second-order valence-corrected chi connectivity index (χ2v) is 3.67. The average Bonchev–Trinajstić information content (AvgIpc) is 2.34. The Morgan fingerprint density at radius 2 is 2.18 bits per heavy atom. The summed E-state index contributed by atoms with van der Waals surface area (Å²) in [6.07, 6.45) is 0. The van der Waals surface area contributed by atoms with Gasteiger partial charge in [-0.3, -0.25) is 9.59 Å². The number of esters is 1. The molecule has 0 spiro atoms. The highest BCUT2D eigenvalue weighted by atomic mass is 16.5. The van der Waals surface area contributed by atoms with Crippen molar-refractivity contribution in [3.05, 3.63) is 29.8 Å². The number of anilines is 1. The number of benzene rings is 1. The van der Waals surface area contributed by atoms with Crippen LogP contribution in [-0.2, 0) is 14.3 Å². The van der Waals surface area contributed by atoms with Crippen molar-refractivity contribution in [2.24, 2.45) is 0 Å². The lowest BCUT2D eigenvalue weighted by Gasteiger charge is -2.11. The van der Waals surface area contributed by atoms with Gasteiger partial charge in [0.1, 0.15) is 0 Å². The first-order valence-corrected chi connectivity index (χ1v) is 5.27. The highest BCUT2D eigenvalue weighted by Crippen LogP contribution is 2.18. The highest BCUT2D eigenvalue weighted by molar-refractivity contribution is 5.83. The van der Waals surface area contributed by atoms with E-state index in [1.54, 1.807) is 31.2 Å². The zero-order chi connectivity index (χ0) is 12.8. The van der Waals surface area contributed by atoms with Crippen LogP contribution in [0.15, 0.2) is 24.3 Å². The molecule has 17 heavy (non-hydrogen) atoms. The number of nitrogen functional groups attached to an aromatic ring is 1. The van der Waals surface area contributed by atoms with Crippen LogP contribution < -0.4 is 11.1 Å². The van der Waals surface area contributed by atoms with Crippen LogP contribution in [0.25, 0.3) is 0 Å². The van der Waals surface area contributed by atoms with Gasteiger partial charge in [-0.05, 0) is 24.6 Å². The fraction of sp³-hybridized carbons (Fsp3) is 0.333. The Labute approximate surface area is 99.9 Å². The first kappa shape index (κ1) is 13.0. The van der Waals surface area contributed by atoms with Crippen molar-refractivity contribution in [1.29, 1.82) is 0 Å². The molecule has 0 fully saturated rings. The van der Waals surface area contributed by atoms with Crippen LogP contribution in [0.3, 0.4) is 0 Å². The quantitative estimate of drug-likeness (QED) is 0.594. The summed E-state index contributed by atoms with van der Waals surface area (Å²) in [5, 5.41) is 2.37. The number of carbonyl (C=O) groups is 2. The molecule has 0 aliphatic carbocycles. The Bertz CT molecular complexity index is 418. The summed E-state index contributed by atoms with van der Waals surface area (Å²) in [5.74, 6) is -1.22. The van der Waals surface area contributed by atoms with Crippen molar-refractivity contribution in [3.8, 4) is 0 Å². The number of ether oxygens (including phenoxy) is 1. The van der Waals surface area contributed by atoms with Gasteiger partial charge in [-0.2, -0.15) is 0 Å². The summed E-state index contributed by atoms with van der Waals surface area (Å²) in [6, 6.07) is 7.02. The van der Waals surface area contributed by atoms with Gasteiger partial charge in [-0.25, -0.2) is 0 Å². The first-order valence-electron chi connectivity index (χ1n) is 5.27. The molecule has 92 valence electrons. The van der Waals surface area contributed by atoms with E-state index in [1.165, 1.54) is 7.05 Å². The number of rotatable bonds is 4. The zero-order valence-corrected chi connectivity index (χ0v) is 9.90. The van der Waals surface area contributed by atoms with Crippen LogP contribution in [0.4, 0.5) is 5.69 Å². The van der Waals surface area contributed by atoms with Crippen LogP contribution in [0.1, 0.15) is 18.4 Å². The van der Waals surface area contributed by atoms with Gasteiger partial charge in [0.15, 0.2) is 6.61 Å². The Hall–Kier alpha value is -2.04. The van der Waals surface area contributed by atoms with Crippen molar-refractivity contribution in [2.75, 3.05) is 19.4 Å². The van der Waals surface area contributed by atoms with E-state index < -0.39 is 11.9 Å². The van der Waals surface area contributed by atoms with E-state index in [-0.39, 0.29) is 12.5 Å². The van der Waals surface area contributed by atoms with Crippen LogP contribution in [0.2, 0.25) is 0 Å². The second kappa shape index (κ2) is 5.89. The molecule has 0 heterocycles. The van der Waals surface area contributed by atoms with Gasteiger partial charge >= 0.3 is 5.97 Å². The Kier molecular flexibility index (Phi) is 4.51. The number of nitrogens with two attached hydrogens (primary N) is 1. The van der Waals surface area contributed by atoms with Crippen molar-refractivity contribution < 1.29 is 14.3 Å². The van der Waals surface area contributed by atoms with Crippen LogP contribution in [0, 0.1) is 0 Å². The van der Waals surface area contributed by atoms with E-state index in [2.05, 4.69) is 5.32 Å². The van der Waals surface area contributed by atoms with Gasteiger partial charge in [-0.15, -0.1) is 0 Å². The molecule has 0 saturated carbocycles. The lowest BCUT2D eigenvalue weighted by atomic mass is 10.0. The second-order valence-electron chi connectivity index (χ2n) is 3.67. The van der Waals surface area contributed by atoms with Crippen molar-refractivity contribution in [3.63, 3.8) is 0 Å². The molecule has 1 rings (SSSR count). The smallest absolute Gasteiger partial charge is 0.313 e. The topological polar surface area (TPSA) is 81.4 Å². The summed E-state index contributed by atoms with van der Waals surface area (Å²) in [6.45, 7) is 1.45. The number of amides is 1. The summed E-state index contributed by atoms with van der Waals surface area (Å²) in [7, 11) is 1.48. The third kappa shape index (κ3) is 3.79. The molecule has 5 nitrogen and oxygen atoms in total. The van der Waals surface area contributed by atoms with Gasteiger partial charge in [0.25, 0.3) is 5.91 Å². The molecular formula is C12H16N2O3. The molecule has 1 atom stereocenters. The highest BCUT2D eigenvalue weighted by Gasteiger charge is 2.17. The Morgan fingerprint density at radius 3 is 2.76 bits per heavy atom. The van der Waals surface area contributed by atoms with E-state index >= 15 is 0 Å². The molecule has 1 amide bonds. The van der Waals surface area contributed by atoms with E-state index in [0.717, 1.165) is 5.56 Å². The minimum absolute atomic E-state index is 0.262. The maximum Gasteiger partial charge on any atom is 0.313 e. The lowest BCUT2D eigenvalue weighted by molar-refractivity contribution is -0.149. The van der Waals surface area contributed by atoms with Crippen molar-refractivity contribution in [1.82, 2.24) is 5.32 Å². The van der Waals surface area contributed by atoms with Crippen LogP contribution in [-0.4, -0.2) is 25.5 Å². The SMILES string of the molecule is CNC(=O)COC(=O)C(C)c1cccc(N)c1. The third-order valence-electron chi connectivity index (χ3n) is 2.39. The summed E-state index contributed by atoms with van der Waals surface area (Å²) < 4.78 is 4.86. The van der Waals surface area contributed by atoms with E-state index in [9.17, 15) is 9.59 Å². The third-order valence-corrected chi connectivity index (χ3v) is 2.39. The monoisotopic (exact) mass is 236 g/mol. The molecule has 0 aliphatic heterocycles. The summed E-state index contributed by atoms with van der Waals surface area (Å²) in [4.78, 5) is 22.6. The first-order chi connectivity index (χ1) is 8.04. The average molecular weight is 236 g/mol. The Morgan fingerprint density at radius 1 is 1.47 bits per heavy atom. The number of nitrogens with one attached hydrogen (secondary N) is 1. The molecule has 1 aromatic rings. The van der Waals surface area contributed by atoms with Crippen LogP contribution >= 0.6 is 0 Å². The lowest BCUT2D eigenvalue weighted by Crippen LogP contribution is -2.26. The number of hydrogen-bond acceptors (Lipinski definition) is 4. The number of hydrogen-bond donors (Lipinski definition) is 2. The van der Waals surface area contributed by atoms with E-state index in [1.807, 2.05) is 0 Å². The molecule has 0 bridgehead atoms. The summed E-state index contributed by atoms with van der Waals surface area (Å²) in [5.41, 5.74) is 6.99. The van der Waals surface area contributed by atoms with Crippen LogP contribution in [0.5, 0.6) is 0 Å². The fourth-order valence-electron chi connectivity index (χ4n) is 1.30.